The Morgan fingerprint density at radius 3 is 2.34 bits per heavy atom. The molecule has 1 N–H and O–H groups in total. The normalized spacial score (nSPS) is 25.1. The second-order valence-corrected chi connectivity index (χ2v) is 18.0. The summed E-state index contributed by atoms with van der Waals surface area (Å²) in [7, 11) is 0. The van der Waals surface area contributed by atoms with E-state index >= 15 is 0 Å². The van der Waals surface area contributed by atoms with Crippen molar-refractivity contribution in [2.24, 2.45) is 16.7 Å². The maximum atomic E-state index is 13.8. The minimum atomic E-state index is -1.06. The Balaban J connectivity index is 0.777. The molecule has 59 heavy (non-hydrogen) atoms. The quantitative estimate of drug-likeness (QED) is 0.280. The SMILES string of the molecule is CC1(C)[C@H](Oc2ccc(C#N)c(Cl)c2)C(C)(C)[C@H]1N1Cc2cc(C#CC3CCN(C4CN(c5cnc6c(n5)C(=O)N(C5CCC(=O)NC5=O)C6=O)C4)CC3)ccc2C1=O. The maximum absolute atomic E-state index is 13.8. The fourth-order valence-corrected chi connectivity index (χ4v) is 10.7. The summed E-state index contributed by atoms with van der Waals surface area (Å²) in [5, 5.41) is 11.8. The third-order valence-electron chi connectivity index (χ3n) is 13.1. The number of likely N-dealkylation sites (tertiary alicyclic amines) is 1. The van der Waals surface area contributed by atoms with E-state index in [1.54, 1.807) is 18.2 Å². The molecule has 1 unspecified atom stereocenters. The van der Waals surface area contributed by atoms with Gasteiger partial charge in [0.2, 0.25) is 11.8 Å². The van der Waals surface area contributed by atoms with Crippen LogP contribution in [0.5, 0.6) is 5.75 Å². The van der Waals surface area contributed by atoms with Crippen molar-refractivity contribution in [3.8, 4) is 23.7 Å². The average molecular weight is 815 g/mol. The van der Waals surface area contributed by atoms with Crippen LogP contribution in [0.3, 0.4) is 0 Å². The first kappa shape index (κ1) is 38.7. The number of amides is 5. The molecule has 2 aromatic carbocycles. The van der Waals surface area contributed by atoms with Crippen LogP contribution in [0.25, 0.3) is 0 Å². The van der Waals surface area contributed by atoms with Crippen LogP contribution in [-0.2, 0) is 16.1 Å². The standard InChI is InChI=1S/C44H43ClN8O6/c1-43(2)41(44(3,4)42(43)59-29-9-8-26(19-46)31(45)18-29)52-21-27-17-25(7-10-30(27)38(52)56)6-5-24-13-15-50(16-14-24)28-22-51(23-28)33-20-47-35-36(48-33)40(58)53(39(35)57)32-11-12-34(54)49-37(32)55/h7-10,17-18,20,24,28,32,41-42H,11-16,21-23H2,1-4H3,(H,49,54,55)/t32?,41-,42-. The van der Waals surface area contributed by atoms with Gasteiger partial charge in [-0.1, -0.05) is 51.1 Å². The molecule has 3 saturated heterocycles. The Bertz CT molecular complexity index is 2440. The van der Waals surface area contributed by atoms with Gasteiger partial charge < -0.3 is 14.5 Å². The lowest BCUT2D eigenvalue weighted by Gasteiger charge is -2.65. The van der Waals surface area contributed by atoms with E-state index in [-0.39, 0.29) is 59.0 Å². The van der Waals surface area contributed by atoms with E-state index in [1.165, 1.54) is 6.20 Å². The fraction of sp³-hybridized carbons (Fsp3) is 0.455. The van der Waals surface area contributed by atoms with Gasteiger partial charge in [0.15, 0.2) is 11.4 Å². The second kappa shape index (κ2) is 14.2. The number of anilines is 1. The number of nitrogens with zero attached hydrogens (tertiary/aromatic N) is 7. The second-order valence-electron chi connectivity index (χ2n) is 17.6. The Kier molecular flexibility index (Phi) is 9.29. The number of aromatic nitrogens is 2. The van der Waals surface area contributed by atoms with Gasteiger partial charge in [0.05, 0.1) is 16.8 Å². The largest absolute Gasteiger partial charge is 0.489 e. The minimum absolute atomic E-state index is 0.0238. The van der Waals surface area contributed by atoms with Gasteiger partial charge in [0, 0.05) is 72.1 Å². The molecule has 1 aromatic heterocycles. The molecular weight excluding hydrogens is 772 g/mol. The van der Waals surface area contributed by atoms with Gasteiger partial charge >= 0.3 is 0 Å². The van der Waals surface area contributed by atoms with Crippen LogP contribution in [0.4, 0.5) is 5.82 Å². The minimum Gasteiger partial charge on any atom is -0.489 e. The summed E-state index contributed by atoms with van der Waals surface area (Å²) in [5.41, 5.74) is 2.16. The van der Waals surface area contributed by atoms with Crippen molar-refractivity contribution in [1.29, 1.82) is 5.26 Å². The molecule has 4 fully saturated rings. The molecule has 5 amide bonds. The van der Waals surface area contributed by atoms with Gasteiger partial charge in [0.25, 0.3) is 17.7 Å². The molecule has 1 aliphatic carbocycles. The molecule has 3 aromatic rings. The first-order chi connectivity index (χ1) is 28.1. The number of carbonyl (C=O) groups is 5. The number of rotatable bonds is 6. The highest BCUT2D eigenvalue weighted by Crippen LogP contribution is 2.59. The topological polar surface area (TPSA) is 169 Å². The molecule has 0 radical (unpaired) electrons. The maximum Gasteiger partial charge on any atom is 0.282 e. The molecule has 0 bridgehead atoms. The van der Waals surface area contributed by atoms with Crippen molar-refractivity contribution in [2.75, 3.05) is 31.1 Å². The molecule has 9 rings (SSSR count). The van der Waals surface area contributed by atoms with Gasteiger partial charge in [-0.05, 0) is 68.2 Å². The van der Waals surface area contributed by atoms with Gasteiger partial charge in [-0.2, -0.15) is 5.26 Å². The molecule has 14 nitrogen and oxygen atoms in total. The van der Waals surface area contributed by atoms with Crippen molar-refractivity contribution < 1.29 is 28.7 Å². The lowest BCUT2D eigenvalue weighted by molar-refractivity contribution is -0.199. The summed E-state index contributed by atoms with van der Waals surface area (Å²) in [6.45, 7) is 12.3. The van der Waals surface area contributed by atoms with Gasteiger partial charge in [-0.3, -0.25) is 39.1 Å². The molecule has 6 heterocycles. The summed E-state index contributed by atoms with van der Waals surface area (Å²) >= 11 is 6.29. The zero-order valence-electron chi connectivity index (χ0n) is 33.3. The smallest absolute Gasteiger partial charge is 0.282 e. The molecule has 1 saturated carbocycles. The summed E-state index contributed by atoms with van der Waals surface area (Å²) in [5.74, 6) is 5.86. The number of hydrogen-bond donors (Lipinski definition) is 1. The highest BCUT2D eigenvalue weighted by atomic mass is 35.5. The monoisotopic (exact) mass is 814 g/mol. The molecule has 1 atom stereocenters. The number of nitrogens with one attached hydrogen (secondary N) is 1. The Hall–Kier alpha value is -5.83. The number of nitriles is 1. The van der Waals surface area contributed by atoms with Crippen LogP contribution < -0.4 is 15.0 Å². The number of hydrogen-bond acceptors (Lipinski definition) is 11. The van der Waals surface area contributed by atoms with Gasteiger partial charge in [-0.25, -0.2) is 9.97 Å². The number of piperidine rings is 2. The fourth-order valence-electron chi connectivity index (χ4n) is 10.5. The lowest BCUT2D eigenvalue weighted by atomic mass is 9.49. The third kappa shape index (κ3) is 6.41. The van der Waals surface area contributed by atoms with E-state index in [0.29, 0.717) is 53.4 Å². The number of fused-ring (bicyclic) bond motifs is 2. The van der Waals surface area contributed by atoms with Crippen molar-refractivity contribution in [2.45, 2.75) is 84.2 Å². The summed E-state index contributed by atoms with van der Waals surface area (Å²) in [6, 6.07) is 12.3. The zero-order chi connectivity index (χ0) is 41.5. The molecule has 5 aliphatic heterocycles. The number of ether oxygens (including phenoxy) is 1. The van der Waals surface area contributed by atoms with Gasteiger partial charge in [-0.15, -0.1) is 0 Å². The molecule has 6 aliphatic rings. The van der Waals surface area contributed by atoms with E-state index in [4.69, 9.17) is 16.3 Å². The van der Waals surface area contributed by atoms with Crippen LogP contribution in [0.15, 0.2) is 42.6 Å². The molecule has 15 heteroatoms. The zero-order valence-corrected chi connectivity index (χ0v) is 34.0. The van der Waals surface area contributed by atoms with Crippen LogP contribution in [0, 0.1) is 39.9 Å². The van der Waals surface area contributed by atoms with Gasteiger partial charge in [0.1, 0.15) is 29.8 Å². The molecule has 0 spiro atoms. The number of benzene rings is 2. The Morgan fingerprint density at radius 2 is 1.64 bits per heavy atom. The number of carbonyl (C=O) groups excluding carboxylic acids is 5. The van der Waals surface area contributed by atoms with Crippen molar-refractivity contribution in [1.82, 2.24) is 30.0 Å². The molecule has 302 valence electrons. The Morgan fingerprint density at radius 1 is 0.915 bits per heavy atom. The average Bonchev–Trinajstić information content (AvgIpc) is 3.62. The van der Waals surface area contributed by atoms with Crippen molar-refractivity contribution >= 4 is 47.0 Å². The van der Waals surface area contributed by atoms with E-state index in [2.05, 4.69) is 71.9 Å². The molecular formula is C44H43ClN8O6. The third-order valence-corrected chi connectivity index (χ3v) is 13.4. The van der Waals surface area contributed by atoms with Crippen LogP contribution in [-0.4, -0.2) is 105 Å². The van der Waals surface area contributed by atoms with Crippen molar-refractivity contribution in [3.63, 3.8) is 0 Å². The number of halogens is 1. The van der Waals surface area contributed by atoms with E-state index in [1.807, 2.05) is 21.9 Å². The predicted molar refractivity (Wildman–Crippen MR) is 214 cm³/mol. The van der Waals surface area contributed by atoms with E-state index in [0.717, 1.165) is 42.0 Å². The summed E-state index contributed by atoms with van der Waals surface area (Å²) < 4.78 is 6.47. The van der Waals surface area contributed by atoms with Crippen LogP contribution in [0.1, 0.15) is 101 Å². The first-order valence-corrected chi connectivity index (χ1v) is 20.4. The highest BCUT2D eigenvalue weighted by molar-refractivity contribution is 6.31. The Labute approximate surface area is 346 Å². The van der Waals surface area contributed by atoms with E-state index in [9.17, 15) is 29.2 Å². The first-order valence-electron chi connectivity index (χ1n) is 20.0. The lowest BCUT2D eigenvalue weighted by Crippen LogP contribution is -2.74. The number of imide groups is 2. The summed E-state index contributed by atoms with van der Waals surface area (Å²) in [6.07, 6.45) is 3.32. The van der Waals surface area contributed by atoms with E-state index < -0.39 is 29.7 Å². The summed E-state index contributed by atoms with van der Waals surface area (Å²) in [4.78, 5) is 80.1. The van der Waals surface area contributed by atoms with Crippen LogP contribution in [0.2, 0.25) is 5.02 Å². The van der Waals surface area contributed by atoms with Crippen LogP contribution >= 0.6 is 11.6 Å². The predicted octanol–water partition coefficient (Wildman–Crippen LogP) is 4.19. The van der Waals surface area contributed by atoms with Crippen molar-refractivity contribution in [3.05, 3.63) is 81.3 Å². The highest BCUT2D eigenvalue weighted by Gasteiger charge is 2.67.